The van der Waals surface area contributed by atoms with Crippen LogP contribution in [0.4, 0.5) is 0 Å². The smallest absolute Gasteiger partial charge is 0.317 e. The first-order valence-electron chi connectivity index (χ1n) is 18.4. The zero-order valence-electron chi connectivity index (χ0n) is 29.1. The summed E-state index contributed by atoms with van der Waals surface area (Å²) < 4.78 is 2.04. The van der Waals surface area contributed by atoms with Crippen LogP contribution in [0.25, 0.3) is 11.4 Å². The van der Waals surface area contributed by atoms with Crippen molar-refractivity contribution >= 4 is 11.9 Å². The molecule has 1 saturated heterocycles. The van der Waals surface area contributed by atoms with Crippen LogP contribution < -0.4 is 0 Å². The van der Waals surface area contributed by atoms with Crippen molar-refractivity contribution in [2.45, 2.75) is 63.6 Å². The Morgan fingerprint density at radius 1 is 0.667 bits per heavy atom. The van der Waals surface area contributed by atoms with E-state index in [1.54, 1.807) is 0 Å². The fourth-order valence-corrected chi connectivity index (χ4v) is 10.0. The monoisotopic (exact) mass is 858 g/mol. The van der Waals surface area contributed by atoms with Gasteiger partial charge >= 0.3 is 11.9 Å². The Hall–Kier alpha value is -2.55. The van der Waals surface area contributed by atoms with Gasteiger partial charge in [-0.2, -0.15) is 0 Å². The number of carbonyl (C=O) groups is 2. The van der Waals surface area contributed by atoms with Crippen LogP contribution in [-0.4, -0.2) is 132 Å². The van der Waals surface area contributed by atoms with Crippen LogP contribution in [0.15, 0.2) is 36.4 Å². The second kappa shape index (κ2) is 15.8. The van der Waals surface area contributed by atoms with Crippen molar-refractivity contribution in [1.82, 2.24) is 44.6 Å². The first-order valence-corrected chi connectivity index (χ1v) is 18.4. The van der Waals surface area contributed by atoms with Gasteiger partial charge < -0.3 is 10.2 Å². The van der Waals surface area contributed by atoms with Crippen molar-refractivity contribution in [2.75, 3.05) is 65.4 Å². The van der Waals surface area contributed by atoms with E-state index >= 15 is 0 Å². The van der Waals surface area contributed by atoms with E-state index in [4.69, 9.17) is 20.3 Å². The van der Waals surface area contributed by atoms with Crippen molar-refractivity contribution in [3.05, 3.63) is 59.2 Å². The number of nitrogens with zero attached hydrogens (tertiary/aromatic N) is 9. The summed E-state index contributed by atoms with van der Waals surface area (Å²) in [6.07, 6.45) is 7.61. The molecule has 4 saturated carbocycles. The Labute approximate surface area is 328 Å². The van der Waals surface area contributed by atoms with Gasteiger partial charge in [0.05, 0.1) is 48.1 Å². The molecule has 3 aromatic heterocycles. The van der Waals surface area contributed by atoms with E-state index in [9.17, 15) is 19.8 Å². The zero-order chi connectivity index (χ0) is 34.2. The maximum Gasteiger partial charge on any atom is 0.317 e. The Bertz CT molecular complexity index is 1650. The van der Waals surface area contributed by atoms with Gasteiger partial charge in [0, 0.05) is 108 Å². The summed E-state index contributed by atoms with van der Waals surface area (Å²) in [7, 11) is 0. The van der Waals surface area contributed by atoms with Crippen LogP contribution >= 0.6 is 0 Å². The van der Waals surface area contributed by atoms with E-state index < -0.39 is 11.9 Å². The molecule has 4 aliphatic carbocycles. The first-order chi connectivity index (χ1) is 24.3. The summed E-state index contributed by atoms with van der Waals surface area (Å²) in [5.41, 5.74) is 5.77. The van der Waals surface area contributed by atoms with Crippen molar-refractivity contribution in [3.63, 3.8) is 0 Å². The van der Waals surface area contributed by atoms with Crippen LogP contribution in [0, 0.1) is 54.6 Å². The van der Waals surface area contributed by atoms with E-state index in [2.05, 4.69) is 28.0 Å². The number of hydrogen-bond donors (Lipinski definition) is 2. The Morgan fingerprint density at radius 3 is 1.65 bits per heavy atom. The molecular formula is C37H49LuN9O4. The van der Waals surface area contributed by atoms with Crippen LogP contribution in [0.5, 0.6) is 0 Å². The summed E-state index contributed by atoms with van der Waals surface area (Å²) in [5, 5.41) is 29.4. The molecule has 0 aromatic carbocycles. The fraction of sp³-hybridized carbons (Fsp3) is 0.622. The largest absolute Gasteiger partial charge is 0.480 e. The Balaban J connectivity index is 0.00000406. The third-order valence-corrected chi connectivity index (χ3v) is 11.9. The van der Waals surface area contributed by atoms with Gasteiger partial charge in [-0.15, -0.1) is 5.10 Å². The van der Waals surface area contributed by atoms with Gasteiger partial charge in [0.25, 0.3) is 0 Å². The number of aliphatic carboxylic acids is 2. The van der Waals surface area contributed by atoms with E-state index in [1.807, 2.05) is 32.7 Å². The SMILES string of the molecule is O=C(O)CN1CCN2CCN(CC(=O)O)CCN(CC1)Cc1cccc(n1)-c1c(C34CC5CC(CC(C5)C3)C4)nnn1Cc1cccc(n1)C2.[Lu]. The van der Waals surface area contributed by atoms with Crippen LogP contribution in [0.1, 0.15) is 61.3 Å². The van der Waals surface area contributed by atoms with Gasteiger partial charge in [-0.05, 0) is 80.5 Å². The minimum absolute atomic E-state index is 0. The summed E-state index contributed by atoms with van der Waals surface area (Å²) in [5.74, 6) is 0.633. The molecule has 3 aliphatic heterocycles. The number of carboxylic acids is 2. The van der Waals surface area contributed by atoms with Crippen LogP contribution in [0.2, 0.25) is 0 Å². The molecule has 51 heavy (non-hydrogen) atoms. The van der Waals surface area contributed by atoms with Gasteiger partial charge in [0.15, 0.2) is 0 Å². The third-order valence-electron chi connectivity index (χ3n) is 11.9. The number of pyridine rings is 2. The standard InChI is InChI=1S/C37H49N9O4.Lu/c47-33(48)24-44-11-7-42-8-12-45(25-34(49)50)14-10-43(9-13-44)22-30-5-2-6-32(39-30)35-36(37-18-26-15-27(19-37)17-28(16-26)20-37)40-41-46(35)23-31-4-1-3-29(21-42)38-31;/h1-6,26-28H,7-25H2,(H,47,48)(H,49,50);. The molecule has 3 aromatic rings. The van der Waals surface area contributed by atoms with Gasteiger partial charge in [0.1, 0.15) is 5.69 Å². The maximum absolute atomic E-state index is 11.9. The molecule has 10 bridgehead atoms. The van der Waals surface area contributed by atoms with Crippen molar-refractivity contribution < 1.29 is 56.7 Å². The maximum atomic E-state index is 11.9. The number of hydrogen-bond acceptors (Lipinski definition) is 10. The first kappa shape index (κ1) is 36.8. The zero-order valence-corrected chi connectivity index (χ0v) is 30.8. The number of rotatable bonds is 5. The predicted molar refractivity (Wildman–Crippen MR) is 185 cm³/mol. The van der Waals surface area contributed by atoms with E-state index in [0.29, 0.717) is 72.0 Å². The molecule has 0 atom stereocenters. The molecule has 0 spiro atoms. The van der Waals surface area contributed by atoms with Gasteiger partial charge in [-0.1, -0.05) is 17.3 Å². The van der Waals surface area contributed by atoms with Crippen molar-refractivity contribution in [2.24, 2.45) is 17.8 Å². The molecule has 5 fully saturated rings. The van der Waals surface area contributed by atoms with Crippen LogP contribution in [0.3, 0.4) is 0 Å². The molecule has 0 unspecified atom stereocenters. The molecule has 6 heterocycles. The molecule has 13 nitrogen and oxygen atoms in total. The number of carboxylic acid groups (broad SMARTS) is 2. The van der Waals surface area contributed by atoms with E-state index in [1.165, 1.54) is 38.5 Å². The predicted octanol–water partition coefficient (Wildman–Crippen LogP) is 2.66. The Morgan fingerprint density at radius 2 is 1.14 bits per heavy atom. The average molecular weight is 859 g/mol. The van der Waals surface area contributed by atoms with Crippen LogP contribution in [-0.2, 0) is 34.6 Å². The quantitative estimate of drug-likeness (QED) is 0.390. The van der Waals surface area contributed by atoms with Gasteiger partial charge in [0.2, 0.25) is 0 Å². The molecule has 14 heteroatoms. The van der Waals surface area contributed by atoms with Gasteiger partial charge in [-0.25, -0.2) is 9.67 Å². The minimum atomic E-state index is -0.839. The molecule has 2 N–H and O–H groups in total. The normalized spacial score (nSPS) is 29.8. The van der Waals surface area contributed by atoms with Crippen molar-refractivity contribution in [3.8, 4) is 11.4 Å². The summed E-state index contributed by atoms with van der Waals surface area (Å²) in [4.78, 5) is 42.8. The third kappa shape index (κ3) is 8.49. The molecule has 0 amide bonds. The topological polar surface area (TPSA) is 144 Å². The Kier molecular flexibility index (Phi) is 11.4. The summed E-state index contributed by atoms with van der Waals surface area (Å²) in [6, 6.07) is 12.4. The molecule has 10 rings (SSSR count). The number of fused-ring (bicyclic) bond motifs is 8. The molecule has 7 aliphatic rings. The summed E-state index contributed by atoms with van der Waals surface area (Å²) in [6.45, 7) is 6.48. The fourth-order valence-electron chi connectivity index (χ4n) is 10.0. The van der Waals surface area contributed by atoms with Gasteiger partial charge in [-0.3, -0.25) is 34.2 Å². The average Bonchev–Trinajstić information content (AvgIpc) is 3.49. The van der Waals surface area contributed by atoms with E-state index in [0.717, 1.165) is 51.9 Å². The van der Waals surface area contributed by atoms with E-state index in [-0.39, 0.29) is 55.4 Å². The number of aromatic nitrogens is 5. The summed E-state index contributed by atoms with van der Waals surface area (Å²) >= 11 is 0. The van der Waals surface area contributed by atoms with Crippen molar-refractivity contribution in [1.29, 1.82) is 0 Å². The molecular weight excluding hydrogens is 809 g/mol. The minimum Gasteiger partial charge on any atom is -0.480 e. The molecule has 1 radical (unpaired) electrons. The second-order valence-corrected chi connectivity index (χ2v) is 15.7. The second-order valence-electron chi connectivity index (χ2n) is 15.7. The molecule has 281 valence electrons.